The third kappa shape index (κ3) is 1.82. The van der Waals surface area contributed by atoms with Crippen LogP contribution in [0.4, 0.5) is 0 Å². The maximum absolute atomic E-state index is 11.5. The molecule has 1 saturated heterocycles. The first kappa shape index (κ1) is 10.0. The molecule has 13 heavy (non-hydrogen) atoms. The zero-order chi connectivity index (χ0) is 10.0. The summed E-state index contributed by atoms with van der Waals surface area (Å²) < 4.78 is 0. The van der Waals surface area contributed by atoms with Crippen molar-refractivity contribution in [2.24, 2.45) is 11.7 Å². The summed E-state index contributed by atoms with van der Waals surface area (Å²) in [5.41, 5.74) is 5.20. The van der Waals surface area contributed by atoms with E-state index in [4.69, 9.17) is 5.73 Å². The van der Waals surface area contributed by atoms with Crippen molar-refractivity contribution < 1.29 is 9.59 Å². The van der Waals surface area contributed by atoms with Gasteiger partial charge in [0.2, 0.25) is 11.8 Å². The van der Waals surface area contributed by atoms with Gasteiger partial charge in [0.15, 0.2) is 0 Å². The van der Waals surface area contributed by atoms with Gasteiger partial charge in [-0.15, -0.1) is 0 Å². The molecule has 1 rings (SSSR count). The topological polar surface area (TPSA) is 63.4 Å². The van der Waals surface area contributed by atoms with Gasteiger partial charge in [0.05, 0.1) is 0 Å². The van der Waals surface area contributed by atoms with Crippen molar-refractivity contribution in [3.8, 4) is 0 Å². The van der Waals surface area contributed by atoms with Gasteiger partial charge in [-0.05, 0) is 12.8 Å². The van der Waals surface area contributed by atoms with E-state index in [9.17, 15) is 9.59 Å². The number of carbonyl (C=O) groups is 2. The summed E-state index contributed by atoms with van der Waals surface area (Å²) in [6, 6.07) is -0.405. The molecule has 2 amide bonds. The van der Waals surface area contributed by atoms with Gasteiger partial charge in [-0.25, -0.2) is 0 Å². The zero-order valence-electron chi connectivity index (χ0n) is 8.12. The molecule has 1 unspecified atom stereocenters. The van der Waals surface area contributed by atoms with Gasteiger partial charge in [0.1, 0.15) is 6.04 Å². The molecule has 0 aromatic rings. The lowest BCUT2D eigenvalue weighted by atomic mass is 10.1. The normalized spacial score (nSPS) is 24.9. The van der Waals surface area contributed by atoms with Crippen LogP contribution in [-0.4, -0.2) is 29.3 Å². The van der Waals surface area contributed by atoms with Gasteiger partial charge in [-0.3, -0.25) is 9.59 Å². The van der Waals surface area contributed by atoms with Crippen molar-refractivity contribution in [1.82, 2.24) is 4.90 Å². The fourth-order valence-electron chi connectivity index (χ4n) is 1.73. The molecule has 74 valence electrons. The summed E-state index contributed by atoms with van der Waals surface area (Å²) in [6.45, 7) is 4.42. The number of nitrogens with zero attached hydrogens (tertiary/aromatic N) is 1. The van der Waals surface area contributed by atoms with Crippen molar-refractivity contribution in [3.05, 3.63) is 0 Å². The quantitative estimate of drug-likeness (QED) is 0.677. The van der Waals surface area contributed by atoms with Crippen molar-refractivity contribution in [2.75, 3.05) is 6.54 Å². The minimum absolute atomic E-state index is 0.0494. The van der Waals surface area contributed by atoms with E-state index in [2.05, 4.69) is 0 Å². The second kappa shape index (κ2) is 3.77. The van der Waals surface area contributed by atoms with Crippen LogP contribution in [0.3, 0.4) is 0 Å². The summed E-state index contributed by atoms with van der Waals surface area (Å²) in [6.07, 6.45) is 1.44. The van der Waals surface area contributed by atoms with Crippen LogP contribution >= 0.6 is 0 Å². The highest BCUT2D eigenvalue weighted by Crippen LogP contribution is 2.20. The molecular weight excluding hydrogens is 168 g/mol. The number of hydrogen-bond acceptors (Lipinski definition) is 2. The monoisotopic (exact) mass is 184 g/mol. The number of rotatable bonds is 3. The molecule has 0 aromatic heterocycles. The van der Waals surface area contributed by atoms with Crippen LogP contribution in [0.5, 0.6) is 0 Å². The fourth-order valence-corrected chi connectivity index (χ4v) is 1.73. The van der Waals surface area contributed by atoms with Gasteiger partial charge in [-0.1, -0.05) is 13.8 Å². The van der Waals surface area contributed by atoms with E-state index in [1.165, 1.54) is 0 Å². The Morgan fingerprint density at radius 3 is 2.69 bits per heavy atom. The zero-order valence-corrected chi connectivity index (χ0v) is 8.12. The number of primary amides is 1. The summed E-state index contributed by atoms with van der Waals surface area (Å²) in [4.78, 5) is 24.1. The number of nitrogens with two attached hydrogens (primary N) is 1. The molecule has 0 radical (unpaired) electrons. The van der Waals surface area contributed by atoms with Crippen LogP contribution in [0.1, 0.15) is 26.7 Å². The summed E-state index contributed by atoms with van der Waals surface area (Å²) in [5, 5.41) is 0. The molecule has 1 aliphatic rings. The highest BCUT2D eigenvalue weighted by Gasteiger charge is 2.34. The van der Waals surface area contributed by atoms with E-state index in [-0.39, 0.29) is 11.8 Å². The van der Waals surface area contributed by atoms with Gasteiger partial charge in [-0.2, -0.15) is 0 Å². The van der Waals surface area contributed by atoms with Crippen LogP contribution < -0.4 is 5.73 Å². The van der Waals surface area contributed by atoms with Gasteiger partial charge < -0.3 is 10.6 Å². The summed E-state index contributed by atoms with van der Waals surface area (Å²) in [7, 11) is 0. The molecule has 0 saturated carbocycles. The standard InChI is InChI=1S/C9H16N2O2/c1-3-7(8(10)12)11-5-4-6(2)9(11)13/h6-7H,3-5H2,1-2H3,(H2,10,12)/t6?,7-/m1/s1. The minimum atomic E-state index is -0.405. The van der Waals surface area contributed by atoms with E-state index in [0.717, 1.165) is 6.42 Å². The highest BCUT2D eigenvalue weighted by molar-refractivity contribution is 5.88. The number of amides is 2. The lowest BCUT2D eigenvalue weighted by molar-refractivity contribution is -0.138. The lowest BCUT2D eigenvalue weighted by Gasteiger charge is -2.23. The van der Waals surface area contributed by atoms with E-state index in [0.29, 0.717) is 13.0 Å². The predicted molar refractivity (Wildman–Crippen MR) is 48.8 cm³/mol. The van der Waals surface area contributed by atoms with Crippen LogP contribution in [0, 0.1) is 5.92 Å². The first-order valence-corrected chi connectivity index (χ1v) is 4.67. The van der Waals surface area contributed by atoms with Gasteiger partial charge >= 0.3 is 0 Å². The Labute approximate surface area is 78.1 Å². The Hall–Kier alpha value is -1.06. The molecule has 4 heteroatoms. The van der Waals surface area contributed by atoms with Crippen LogP contribution in [-0.2, 0) is 9.59 Å². The Bertz CT molecular complexity index is 228. The maximum atomic E-state index is 11.5. The van der Waals surface area contributed by atoms with Crippen LogP contribution in [0.25, 0.3) is 0 Å². The van der Waals surface area contributed by atoms with Gasteiger partial charge in [0.25, 0.3) is 0 Å². The number of carbonyl (C=O) groups excluding carboxylic acids is 2. The molecular formula is C9H16N2O2. The largest absolute Gasteiger partial charge is 0.368 e. The molecule has 0 aromatic carbocycles. The van der Waals surface area contributed by atoms with Crippen molar-refractivity contribution >= 4 is 11.8 Å². The van der Waals surface area contributed by atoms with E-state index >= 15 is 0 Å². The Morgan fingerprint density at radius 2 is 2.38 bits per heavy atom. The molecule has 0 spiro atoms. The Morgan fingerprint density at radius 1 is 1.77 bits per heavy atom. The lowest BCUT2D eigenvalue weighted by Crippen LogP contribution is -2.45. The van der Waals surface area contributed by atoms with E-state index in [1.807, 2.05) is 13.8 Å². The van der Waals surface area contributed by atoms with Crippen LogP contribution in [0.2, 0.25) is 0 Å². The second-order valence-electron chi connectivity index (χ2n) is 3.55. The van der Waals surface area contributed by atoms with Crippen molar-refractivity contribution in [2.45, 2.75) is 32.7 Å². The van der Waals surface area contributed by atoms with Gasteiger partial charge in [0, 0.05) is 12.5 Å². The van der Waals surface area contributed by atoms with Crippen molar-refractivity contribution in [3.63, 3.8) is 0 Å². The molecule has 0 aliphatic carbocycles. The highest BCUT2D eigenvalue weighted by atomic mass is 16.2. The van der Waals surface area contributed by atoms with E-state index < -0.39 is 11.9 Å². The summed E-state index contributed by atoms with van der Waals surface area (Å²) >= 11 is 0. The first-order valence-electron chi connectivity index (χ1n) is 4.67. The van der Waals surface area contributed by atoms with Crippen LogP contribution in [0.15, 0.2) is 0 Å². The average Bonchev–Trinajstić information content (AvgIpc) is 2.37. The predicted octanol–water partition coefficient (Wildman–Crippen LogP) is 0.119. The minimum Gasteiger partial charge on any atom is -0.368 e. The third-order valence-electron chi connectivity index (χ3n) is 2.60. The second-order valence-corrected chi connectivity index (χ2v) is 3.55. The molecule has 1 aliphatic heterocycles. The summed E-state index contributed by atoms with van der Waals surface area (Å²) in [5.74, 6) is -0.288. The Balaban J connectivity index is 2.71. The molecule has 2 N–H and O–H groups in total. The first-order chi connectivity index (χ1) is 6.07. The smallest absolute Gasteiger partial charge is 0.240 e. The van der Waals surface area contributed by atoms with Crippen molar-refractivity contribution in [1.29, 1.82) is 0 Å². The average molecular weight is 184 g/mol. The number of hydrogen-bond donors (Lipinski definition) is 1. The van der Waals surface area contributed by atoms with E-state index in [1.54, 1.807) is 4.90 Å². The molecule has 1 heterocycles. The molecule has 4 nitrogen and oxygen atoms in total. The fraction of sp³-hybridized carbons (Fsp3) is 0.778. The SMILES string of the molecule is CC[C@H](C(N)=O)N1CCC(C)C1=O. The third-order valence-corrected chi connectivity index (χ3v) is 2.60. The number of likely N-dealkylation sites (tertiary alicyclic amines) is 1. The Kier molecular flexibility index (Phi) is 2.90. The molecule has 1 fully saturated rings. The maximum Gasteiger partial charge on any atom is 0.240 e. The molecule has 0 bridgehead atoms. The molecule has 2 atom stereocenters.